The first-order valence-electron chi connectivity index (χ1n) is 7.96. The van der Waals surface area contributed by atoms with E-state index in [0.29, 0.717) is 0 Å². The maximum Gasteiger partial charge on any atom is 0.100 e. The van der Waals surface area contributed by atoms with Crippen LogP contribution in [-0.4, -0.2) is 0 Å². The summed E-state index contributed by atoms with van der Waals surface area (Å²) in [4.78, 5) is 0. The molecule has 0 atom stereocenters. The van der Waals surface area contributed by atoms with Gasteiger partial charge in [-0.15, -0.1) is 0 Å². The zero-order chi connectivity index (χ0) is 16.1. The number of nitriles is 1. The Hall–Kier alpha value is -2.89. The summed E-state index contributed by atoms with van der Waals surface area (Å²) in [5.74, 6) is 0. The maximum atomic E-state index is 9.92. The van der Waals surface area contributed by atoms with Gasteiger partial charge >= 0.3 is 0 Å². The van der Waals surface area contributed by atoms with Crippen molar-refractivity contribution in [3.63, 3.8) is 0 Å². The smallest absolute Gasteiger partial charge is 0.100 e. The van der Waals surface area contributed by atoms with Gasteiger partial charge in [0, 0.05) is 11.8 Å². The fourth-order valence-corrected chi connectivity index (χ4v) is 4.49. The second kappa shape index (κ2) is 5.06. The molecule has 0 aliphatic carbocycles. The lowest BCUT2D eigenvalue weighted by atomic mass is 9.86. The van der Waals surface area contributed by atoms with E-state index in [4.69, 9.17) is 0 Å². The Bertz CT molecular complexity index is 1230. The number of rotatable bonds is 2. The van der Waals surface area contributed by atoms with Crippen molar-refractivity contribution in [1.82, 2.24) is 0 Å². The predicted octanol–water partition coefficient (Wildman–Crippen LogP) is 6.11. The van der Waals surface area contributed by atoms with E-state index >= 15 is 0 Å². The lowest BCUT2D eigenvalue weighted by Crippen LogP contribution is -1.97. The average molecular weight is 323 g/mol. The van der Waals surface area contributed by atoms with E-state index in [9.17, 15) is 5.26 Å². The van der Waals surface area contributed by atoms with Gasteiger partial charge < -0.3 is 0 Å². The minimum Gasteiger partial charge on any atom is -0.192 e. The van der Waals surface area contributed by atoms with Crippen LogP contribution in [0.4, 0.5) is 0 Å². The molecule has 5 rings (SSSR count). The van der Waals surface area contributed by atoms with Crippen molar-refractivity contribution in [1.29, 1.82) is 5.26 Å². The quantitative estimate of drug-likeness (QED) is 0.360. The SMILES string of the molecule is N#Cc1c(Cc2ccsc2)c2cccc3ccc4cccc1c4c32. The fraction of sp³-hybridized carbons (Fsp3) is 0.0455. The van der Waals surface area contributed by atoms with Gasteiger partial charge in [0.15, 0.2) is 0 Å². The van der Waals surface area contributed by atoms with Gasteiger partial charge in [-0.05, 0) is 54.9 Å². The van der Waals surface area contributed by atoms with Crippen molar-refractivity contribution in [3.8, 4) is 6.07 Å². The first kappa shape index (κ1) is 13.5. The molecule has 0 amide bonds. The van der Waals surface area contributed by atoms with Gasteiger partial charge in [-0.1, -0.05) is 48.5 Å². The standard InChI is InChI=1S/C22H13NS/c23-12-20-18-6-2-4-16-8-7-15-3-1-5-17(21(15)22(16)18)19(20)11-14-9-10-24-13-14/h1-10,13H,11H2. The van der Waals surface area contributed by atoms with Crippen LogP contribution in [0.25, 0.3) is 32.3 Å². The summed E-state index contributed by atoms with van der Waals surface area (Å²) >= 11 is 1.70. The first-order valence-corrected chi connectivity index (χ1v) is 8.90. The molecular formula is C22H13NS. The number of hydrogen-bond donors (Lipinski definition) is 0. The molecule has 112 valence electrons. The van der Waals surface area contributed by atoms with Crippen LogP contribution in [0.2, 0.25) is 0 Å². The molecule has 5 aromatic rings. The molecule has 0 saturated carbocycles. The van der Waals surface area contributed by atoms with Crippen molar-refractivity contribution in [2.24, 2.45) is 0 Å². The lowest BCUT2D eigenvalue weighted by molar-refractivity contribution is 1.22. The molecule has 1 heterocycles. The zero-order valence-corrected chi connectivity index (χ0v) is 13.7. The largest absolute Gasteiger partial charge is 0.192 e. The van der Waals surface area contributed by atoms with E-state index < -0.39 is 0 Å². The third kappa shape index (κ3) is 1.79. The number of nitrogens with zero attached hydrogens (tertiary/aromatic N) is 1. The summed E-state index contributed by atoms with van der Waals surface area (Å²) in [6.45, 7) is 0. The molecule has 0 radical (unpaired) electrons. The van der Waals surface area contributed by atoms with Crippen LogP contribution in [0.5, 0.6) is 0 Å². The molecule has 0 fully saturated rings. The summed E-state index contributed by atoms with van der Waals surface area (Å²) in [7, 11) is 0. The van der Waals surface area contributed by atoms with Gasteiger partial charge in [-0.25, -0.2) is 0 Å². The van der Waals surface area contributed by atoms with Gasteiger partial charge in [-0.2, -0.15) is 16.6 Å². The highest BCUT2D eigenvalue weighted by Crippen LogP contribution is 2.39. The second-order valence-electron chi connectivity index (χ2n) is 6.15. The summed E-state index contributed by atoms with van der Waals surface area (Å²) < 4.78 is 0. The minimum atomic E-state index is 0.802. The minimum absolute atomic E-state index is 0.802. The van der Waals surface area contributed by atoms with Crippen LogP contribution < -0.4 is 0 Å². The van der Waals surface area contributed by atoms with E-state index in [1.165, 1.54) is 32.5 Å². The van der Waals surface area contributed by atoms with Gasteiger partial charge in [0.2, 0.25) is 0 Å². The highest BCUT2D eigenvalue weighted by atomic mass is 32.1. The Morgan fingerprint density at radius 2 is 1.54 bits per heavy atom. The number of hydrogen-bond acceptors (Lipinski definition) is 2. The molecular weight excluding hydrogens is 310 g/mol. The van der Waals surface area contributed by atoms with Crippen LogP contribution in [0.1, 0.15) is 16.7 Å². The monoisotopic (exact) mass is 323 g/mol. The van der Waals surface area contributed by atoms with Crippen molar-refractivity contribution < 1.29 is 0 Å². The maximum absolute atomic E-state index is 9.92. The summed E-state index contributed by atoms with van der Waals surface area (Å²) in [5.41, 5.74) is 3.23. The normalized spacial score (nSPS) is 11.5. The Labute approximate surface area is 143 Å². The Morgan fingerprint density at radius 1 is 0.833 bits per heavy atom. The highest BCUT2D eigenvalue weighted by molar-refractivity contribution is 7.07. The molecule has 1 aromatic heterocycles. The molecule has 0 N–H and O–H groups in total. The first-order chi connectivity index (χ1) is 11.9. The van der Waals surface area contributed by atoms with E-state index in [-0.39, 0.29) is 0 Å². The molecule has 2 heteroatoms. The van der Waals surface area contributed by atoms with Crippen molar-refractivity contribution in [2.45, 2.75) is 6.42 Å². The molecule has 0 bridgehead atoms. The Kier molecular flexibility index (Phi) is 2.85. The fourth-order valence-electron chi connectivity index (χ4n) is 3.82. The van der Waals surface area contributed by atoms with Crippen LogP contribution in [-0.2, 0) is 6.42 Å². The molecule has 1 nitrogen and oxygen atoms in total. The van der Waals surface area contributed by atoms with Crippen LogP contribution >= 0.6 is 11.3 Å². The molecule has 4 aromatic carbocycles. The van der Waals surface area contributed by atoms with Crippen LogP contribution in [0.3, 0.4) is 0 Å². The Morgan fingerprint density at radius 3 is 2.21 bits per heavy atom. The van der Waals surface area contributed by atoms with Crippen molar-refractivity contribution >= 4 is 43.7 Å². The van der Waals surface area contributed by atoms with Crippen molar-refractivity contribution in [3.05, 3.63) is 82.0 Å². The van der Waals surface area contributed by atoms with Gasteiger partial charge in [-0.3, -0.25) is 0 Å². The number of thiophene rings is 1. The molecule has 0 aliphatic heterocycles. The summed E-state index contributed by atoms with van der Waals surface area (Å²) in [6, 6.07) is 21.7. The Balaban J connectivity index is 2.02. The highest BCUT2D eigenvalue weighted by Gasteiger charge is 2.17. The topological polar surface area (TPSA) is 23.8 Å². The van der Waals surface area contributed by atoms with E-state index in [1.54, 1.807) is 11.3 Å². The second-order valence-corrected chi connectivity index (χ2v) is 6.93. The average Bonchev–Trinajstić information content (AvgIpc) is 3.14. The molecule has 0 spiro atoms. The van der Waals surface area contributed by atoms with Crippen LogP contribution in [0.15, 0.2) is 65.4 Å². The van der Waals surface area contributed by atoms with Gasteiger partial charge in [0.05, 0.1) is 5.56 Å². The molecule has 24 heavy (non-hydrogen) atoms. The lowest BCUT2D eigenvalue weighted by Gasteiger charge is -2.16. The van der Waals surface area contributed by atoms with Crippen molar-refractivity contribution in [2.75, 3.05) is 0 Å². The van der Waals surface area contributed by atoms with Gasteiger partial charge in [0.1, 0.15) is 6.07 Å². The zero-order valence-electron chi connectivity index (χ0n) is 12.9. The number of benzene rings is 4. The van der Waals surface area contributed by atoms with E-state index in [2.05, 4.69) is 71.4 Å². The summed E-state index contributed by atoms with van der Waals surface area (Å²) in [5, 5.41) is 21.4. The van der Waals surface area contributed by atoms with E-state index in [1.807, 2.05) is 0 Å². The predicted molar refractivity (Wildman–Crippen MR) is 102 cm³/mol. The van der Waals surface area contributed by atoms with Crippen LogP contribution in [0, 0.1) is 11.3 Å². The summed E-state index contributed by atoms with van der Waals surface area (Å²) in [6.07, 6.45) is 0.802. The van der Waals surface area contributed by atoms with Gasteiger partial charge in [0.25, 0.3) is 0 Å². The molecule has 0 unspecified atom stereocenters. The van der Waals surface area contributed by atoms with E-state index in [0.717, 1.165) is 22.9 Å². The molecule has 0 aliphatic rings. The third-order valence-corrected chi connectivity index (χ3v) is 5.59. The third-order valence-electron chi connectivity index (χ3n) is 4.85. The molecule has 0 saturated heterocycles.